The number of benzene rings is 1. The molecular weight excluding hydrogens is 360 g/mol. The summed E-state index contributed by atoms with van der Waals surface area (Å²) in [5, 5.41) is 13.8. The minimum Gasteiger partial charge on any atom is -0.481 e. The van der Waals surface area contributed by atoms with E-state index in [-0.39, 0.29) is 5.92 Å². The lowest BCUT2D eigenvalue weighted by atomic mass is 9.96. The Labute approximate surface area is 134 Å². The van der Waals surface area contributed by atoms with E-state index in [1.165, 1.54) is 0 Å². The molecule has 7 heteroatoms. The molecule has 2 aromatic rings. The number of carbonyl (C=O) groups is 1. The molecule has 0 aliphatic heterocycles. The Morgan fingerprint density at radius 1 is 1.43 bits per heavy atom. The number of rotatable bonds is 3. The molecule has 0 amide bonds. The summed E-state index contributed by atoms with van der Waals surface area (Å²) in [4.78, 5) is 15.6. The van der Waals surface area contributed by atoms with Gasteiger partial charge >= 0.3 is 5.97 Å². The molecule has 110 valence electrons. The zero-order chi connectivity index (χ0) is 15.0. The van der Waals surface area contributed by atoms with Crippen molar-refractivity contribution in [1.29, 1.82) is 0 Å². The van der Waals surface area contributed by atoms with Gasteiger partial charge in [-0.15, -0.1) is 0 Å². The van der Waals surface area contributed by atoms with E-state index in [0.29, 0.717) is 23.2 Å². The third kappa shape index (κ3) is 2.82. The molecule has 0 saturated heterocycles. The standard InChI is InChI=1S/C14H12BrClN2O3/c15-10-6-7(4-5-11(10)16)12-17-13(21-18-12)8-2-1-3-9(8)14(19)20/h4-6,8-9H,1-3H2,(H,19,20). The van der Waals surface area contributed by atoms with Gasteiger partial charge in [0.1, 0.15) is 0 Å². The van der Waals surface area contributed by atoms with E-state index in [1.54, 1.807) is 18.2 Å². The Hall–Kier alpha value is -1.40. The van der Waals surface area contributed by atoms with E-state index in [4.69, 9.17) is 16.1 Å². The van der Waals surface area contributed by atoms with Crippen LogP contribution >= 0.6 is 27.5 Å². The zero-order valence-electron chi connectivity index (χ0n) is 10.9. The lowest BCUT2D eigenvalue weighted by Gasteiger charge is -2.10. The Bertz CT molecular complexity index is 689. The zero-order valence-corrected chi connectivity index (χ0v) is 13.3. The molecule has 1 saturated carbocycles. The van der Waals surface area contributed by atoms with Crippen LogP contribution < -0.4 is 0 Å². The van der Waals surface area contributed by atoms with Gasteiger partial charge in [-0.1, -0.05) is 23.2 Å². The van der Waals surface area contributed by atoms with Gasteiger partial charge in [0.15, 0.2) is 0 Å². The summed E-state index contributed by atoms with van der Waals surface area (Å²) in [5.74, 6) is -0.583. The third-order valence-corrected chi connectivity index (χ3v) is 4.98. The lowest BCUT2D eigenvalue weighted by Crippen LogP contribution is -2.17. The van der Waals surface area contributed by atoms with Crippen molar-refractivity contribution in [1.82, 2.24) is 10.1 Å². The number of aromatic nitrogens is 2. The van der Waals surface area contributed by atoms with Crippen LogP contribution in [0, 0.1) is 5.92 Å². The number of nitrogens with zero attached hydrogens (tertiary/aromatic N) is 2. The highest BCUT2D eigenvalue weighted by molar-refractivity contribution is 9.10. The van der Waals surface area contributed by atoms with Gasteiger partial charge in [0.25, 0.3) is 0 Å². The van der Waals surface area contributed by atoms with E-state index < -0.39 is 11.9 Å². The fourth-order valence-electron chi connectivity index (χ4n) is 2.69. The van der Waals surface area contributed by atoms with Gasteiger partial charge in [0, 0.05) is 10.0 Å². The molecule has 0 spiro atoms. The van der Waals surface area contributed by atoms with Crippen LogP contribution in [0.3, 0.4) is 0 Å². The number of aliphatic carboxylic acids is 1. The minimum atomic E-state index is -0.800. The molecule has 5 nitrogen and oxygen atoms in total. The van der Waals surface area contributed by atoms with Crippen LogP contribution in [-0.4, -0.2) is 21.2 Å². The molecule has 21 heavy (non-hydrogen) atoms. The topological polar surface area (TPSA) is 76.2 Å². The number of carboxylic acids is 1. The van der Waals surface area contributed by atoms with Crippen LogP contribution in [0.2, 0.25) is 5.02 Å². The van der Waals surface area contributed by atoms with E-state index in [9.17, 15) is 9.90 Å². The minimum absolute atomic E-state index is 0.195. The second-order valence-electron chi connectivity index (χ2n) is 5.07. The Balaban J connectivity index is 1.89. The first-order valence-corrected chi connectivity index (χ1v) is 7.75. The average molecular weight is 372 g/mol. The monoisotopic (exact) mass is 370 g/mol. The molecule has 1 aliphatic carbocycles. The van der Waals surface area contributed by atoms with Crippen molar-refractivity contribution >= 4 is 33.5 Å². The van der Waals surface area contributed by atoms with Crippen molar-refractivity contribution in [3.05, 3.63) is 33.6 Å². The van der Waals surface area contributed by atoms with Crippen LogP contribution in [0.15, 0.2) is 27.2 Å². The molecule has 1 aromatic carbocycles. The highest BCUT2D eigenvalue weighted by Crippen LogP contribution is 2.39. The highest BCUT2D eigenvalue weighted by atomic mass is 79.9. The van der Waals surface area contributed by atoms with Crippen LogP contribution in [0.25, 0.3) is 11.4 Å². The third-order valence-electron chi connectivity index (χ3n) is 3.77. The largest absolute Gasteiger partial charge is 0.481 e. The number of hydrogen-bond acceptors (Lipinski definition) is 4. The Morgan fingerprint density at radius 3 is 2.95 bits per heavy atom. The molecule has 1 aliphatic rings. The van der Waals surface area contributed by atoms with Gasteiger partial charge in [-0.05, 0) is 47.0 Å². The van der Waals surface area contributed by atoms with E-state index in [0.717, 1.165) is 22.9 Å². The molecule has 1 heterocycles. The Kier molecular flexibility index (Phi) is 3.99. The van der Waals surface area contributed by atoms with Crippen LogP contribution in [0.1, 0.15) is 31.1 Å². The Morgan fingerprint density at radius 2 is 2.24 bits per heavy atom. The molecule has 1 aromatic heterocycles. The number of carboxylic acid groups (broad SMARTS) is 1. The molecular formula is C14H12BrClN2O3. The second-order valence-corrected chi connectivity index (χ2v) is 6.33. The summed E-state index contributed by atoms with van der Waals surface area (Å²) in [7, 11) is 0. The van der Waals surface area contributed by atoms with Gasteiger partial charge < -0.3 is 9.63 Å². The van der Waals surface area contributed by atoms with Crippen molar-refractivity contribution in [3.8, 4) is 11.4 Å². The fraction of sp³-hybridized carbons (Fsp3) is 0.357. The van der Waals surface area contributed by atoms with Crippen LogP contribution in [0.4, 0.5) is 0 Å². The predicted molar refractivity (Wildman–Crippen MR) is 80.2 cm³/mol. The molecule has 2 atom stereocenters. The quantitative estimate of drug-likeness (QED) is 0.878. The molecule has 3 rings (SSSR count). The number of hydrogen-bond donors (Lipinski definition) is 1. The van der Waals surface area contributed by atoms with Crippen LogP contribution in [-0.2, 0) is 4.79 Å². The molecule has 0 radical (unpaired) electrons. The lowest BCUT2D eigenvalue weighted by molar-refractivity contribution is -0.142. The van der Waals surface area contributed by atoms with Gasteiger partial charge in [-0.2, -0.15) is 4.98 Å². The first-order chi connectivity index (χ1) is 10.1. The second kappa shape index (κ2) is 5.77. The van der Waals surface area contributed by atoms with Gasteiger partial charge in [0.2, 0.25) is 11.7 Å². The summed E-state index contributed by atoms with van der Waals surface area (Å²) in [5.41, 5.74) is 0.770. The summed E-state index contributed by atoms with van der Waals surface area (Å²) in [6, 6.07) is 5.35. The summed E-state index contributed by atoms with van der Waals surface area (Å²) < 4.78 is 6.03. The number of halogens is 2. The van der Waals surface area contributed by atoms with Crippen molar-refractivity contribution in [3.63, 3.8) is 0 Å². The van der Waals surface area contributed by atoms with E-state index in [1.807, 2.05) is 0 Å². The first-order valence-electron chi connectivity index (χ1n) is 6.58. The highest BCUT2D eigenvalue weighted by Gasteiger charge is 2.37. The average Bonchev–Trinajstić information content (AvgIpc) is 3.09. The van der Waals surface area contributed by atoms with Crippen molar-refractivity contribution in [2.24, 2.45) is 5.92 Å². The molecule has 2 unspecified atom stereocenters. The molecule has 1 N–H and O–H groups in total. The maximum Gasteiger partial charge on any atom is 0.307 e. The van der Waals surface area contributed by atoms with Gasteiger partial charge in [-0.3, -0.25) is 4.79 Å². The summed E-state index contributed by atoms with van der Waals surface area (Å²) in [6.07, 6.45) is 2.29. The van der Waals surface area contributed by atoms with E-state index in [2.05, 4.69) is 26.1 Å². The molecule has 1 fully saturated rings. The fourth-order valence-corrected chi connectivity index (χ4v) is 3.19. The van der Waals surface area contributed by atoms with Crippen molar-refractivity contribution in [2.45, 2.75) is 25.2 Å². The molecule has 0 bridgehead atoms. The maximum atomic E-state index is 11.2. The summed E-state index contributed by atoms with van der Waals surface area (Å²) in [6.45, 7) is 0. The van der Waals surface area contributed by atoms with Crippen molar-refractivity contribution < 1.29 is 14.4 Å². The van der Waals surface area contributed by atoms with Gasteiger partial charge in [-0.25, -0.2) is 0 Å². The smallest absolute Gasteiger partial charge is 0.307 e. The first kappa shape index (κ1) is 14.5. The maximum absolute atomic E-state index is 11.2. The van der Waals surface area contributed by atoms with Gasteiger partial charge in [0.05, 0.1) is 16.9 Å². The predicted octanol–water partition coefficient (Wildman–Crippen LogP) is 4.12. The van der Waals surface area contributed by atoms with Crippen molar-refractivity contribution in [2.75, 3.05) is 0 Å². The summed E-state index contributed by atoms with van der Waals surface area (Å²) >= 11 is 9.30. The SMILES string of the molecule is O=C(O)C1CCCC1c1nc(-c2ccc(Cl)c(Br)c2)no1. The van der Waals surface area contributed by atoms with E-state index >= 15 is 0 Å². The normalized spacial score (nSPS) is 21.6. The van der Waals surface area contributed by atoms with Crippen LogP contribution in [0.5, 0.6) is 0 Å².